The second-order valence-electron chi connectivity index (χ2n) is 4.41. The summed E-state index contributed by atoms with van der Waals surface area (Å²) in [5, 5.41) is 19.9. The summed E-state index contributed by atoms with van der Waals surface area (Å²) in [5.74, 6) is -1.82. The number of carboxylic acid groups (broad SMARTS) is 1. The van der Waals surface area contributed by atoms with Crippen LogP contribution in [0.25, 0.3) is 11.4 Å². The van der Waals surface area contributed by atoms with Gasteiger partial charge in [0, 0.05) is 0 Å². The van der Waals surface area contributed by atoms with Crippen LogP contribution in [0.4, 0.5) is 4.39 Å². The Labute approximate surface area is 108 Å². The molecule has 2 rings (SSSR count). The Hall–Kier alpha value is -2.31. The number of aliphatic carboxylic acids is 1. The molecular weight excluding hydrogens is 251 g/mol. The number of carboxylic acids is 1. The third kappa shape index (κ3) is 2.75. The molecule has 0 aliphatic heterocycles. The van der Waals surface area contributed by atoms with Crippen LogP contribution in [-0.2, 0) is 11.3 Å². The average Bonchev–Trinajstić information content (AvgIpc) is 2.80. The number of nitrogens with zero attached hydrogens (tertiary/aromatic N) is 4. The molecule has 0 amide bonds. The van der Waals surface area contributed by atoms with E-state index in [-0.39, 0.29) is 17.9 Å². The highest BCUT2D eigenvalue weighted by Crippen LogP contribution is 2.21. The summed E-state index contributed by atoms with van der Waals surface area (Å²) in [4.78, 5) is 10.8. The van der Waals surface area contributed by atoms with Gasteiger partial charge in [-0.1, -0.05) is 18.6 Å². The van der Waals surface area contributed by atoms with Crippen molar-refractivity contribution in [1.29, 1.82) is 0 Å². The lowest BCUT2D eigenvalue weighted by Crippen LogP contribution is -2.18. The van der Waals surface area contributed by atoms with Crippen LogP contribution in [0, 0.1) is 18.7 Å². The van der Waals surface area contributed by atoms with Crippen LogP contribution in [0.1, 0.15) is 12.5 Å². The van der Waals surface area contributed by atoms with E-state index >= 15 is 0 Å². The van der Waals surface area contributed by atoms with Crippen LogP contribution >= 0.6 is 0 Å². The van der Waals surface area contributed by atoms with E-state index in [0.717, 1.165) is 5.56 Å². The molecule has 1 atom stereocenters. The van der Waals surface area contributed by atoms with Gasteiger partial charge >= 0.3 is 5.97 Å². The summed E-state index contributed by atoms with van der Waals surface area (Å²) >= 11 is 0. The number of carbonyl (C=O) groups is 1. The third-order valence-electron chi connectivity index (χ3n) is 2.76. The molecule has 1 aromatic carbocycles. The van der Waals surface area contributed by atoms with Crippen molar-refractivity contribution in [2.45, 2.75) is 20.4 Å². The van der Waals surface area contributed by atoms with Crippen molar-refractivity contribution in [2.75, 3.05) is 0 Å². The van der Waals surface area contributed by atoms with E-state index in [4.69, 9.17) is 5.11 Å². The van der Waals surface area contributed by atoms with E-state index in [9.17, 15) is 9.18 Å². The predicted octanol–water partition coefficient (Wildman–Crippen LogP) is 1.51. The molecule has 0 saturated carbocycles. The molecule has 0 spiro atoms. The standard InChI is InChI=1S/C12H13FN4O2/c1-7-3-4-10(13)9(5-7)11-14-15-16-17(11)6-8(2)12(18)19/h3-5,8H,6H2,1-2H3,(H,18,19). The molecule has 0 saturated heterocycles. The molecule has 0 radical (unpaired) electrons. The van der Waals surface area contributed by atoms with Crippen LogP contribution < -0.4 is 0 Å². The van der Waals surface area contributed by atoms with E-state index in [0.29, 0.717) is 0 Å². The Morgan fingerprint density at radius 2 is 2.26 bits per heavy atom. The van der Waals surface area contributed by atoms with Crippen LogP contribution in [0.5, 0.6) is 0 Å². The van der Waals surface area contributed by atoms with Crippen molar-refractivity contribution < 1.29 is 14.3 Å². The Kier molecular flexibility index (Phi) is 3.55. The molecule has 1 N–H and O–H groups in total. The van der Waals surface area contributed by atoms with E-state index in [1.807, 2.05) is 6.92 Å². The van der Waals surface area contributed by atoms with Crippen molar-refractivity contribution in [2.24, 2.45) is 5.92 Å². The second kappa shape index (κ2) is 5.13. The summed E-state index contributed by atoms with van der Waals surface area (Å²) in [6.45, 7) is 3.46. The number of rotatable bonds is 4. The molecule has 0 bridgehead atoms. The van der Waals surface area contributed by atoms with Gasteiger partial charge in [-0.05, 0) is 29.5 Å². The monoisotopic (exact) mass is 264 g/mol. The van der Waals surface area contributed by atoms with Gasteiger partial charge in [0.15, 0.2) is 5.82 Å². The molecule has 0 aliphatic rings. The molecule has 1 heterocycles. The quantitative estimate of drug-likeness (QED) is 0.905. The maximum absolute atomic E-state index is 13.8. The zero-order valence-electron chi connectivity index (χ0n) is 10.5. The lowest BCUT2D eigenvalue weighted by atomic mass is 10.1. The van der Waals surface area contributed by atoms with Gasteiger partial charge in [-0.2, -0.15) is 0 Å². The average molecular weight is 264 g/mol. The Morgan fingerprint density at radius 3 is 2.95 bits per heavy atom. The largest absolute Gasteiger partial charge is 0.481 e. The second-order valence-corrected chi connectivity index (χ2v) is 4.41. The van der Waals surface area contributed by atoms with Crippen molar-refractivity contribution >= 4 is 5.97 Å². The lowest BCUT2D eigenvalue weighted by molar-refractivity contribution is -0.141. The summed E-state index contributed by atoms with van der Waals surface area (Å²) in [6, 6.07) is 4.61. The molecule has 6 nitrogen and oxygen atoms in total. The topological polar surface area (TPSA) is 80.9 Å². The summed E-state index contributed by atoms with van der Waals surface area (Å²) in [5.41, 5.74) is 1.14. The molecule has 100 valence electrons. The van der Waals surface area contributed by atoms with Crippen molar-refractivity contribution in [3.05, 3.63) is 29.6 Å². The SMILES string of the molecule is Cc1ccc(F)c(-c2nnnn2CC(C)C(=O)O)c1. The maximum Gasteiger partial charge on any atom is 0.308 e. The first-order chi connectivity index (χ1) is 8.99. The van der Waals surface area contributed by atoms with E-state index in [1.165, 1.54) is 10.7 Å². The van der Waals surface area contributed by atoms with Crippen LogP contribution in [0.3, 0.4) is 0 Å². The first-order valence-electron chi connectivity index (χ1n) is 5.74. The maximum atomic E-state index is 13.8. The molecule has 19 heavy (non-hydrogen) atoms. The fourth-order valence-electron chi connectivity index (χ4n) is 1.67. The minimum atomic E-state index is -0.953. The van der Waals surface area contributed by atoms with E-state index in [2.05, 4.69) is 15.5 Å². The predicted molar refractivity (Wildman–Crippen MR) is 64.7 cm³/mol. The van der Waals surface area contributed by atoms with Gasteiger partial charge in [0.05, 0.1) is 18.0 Å². The minimum absolute atomic E-state index is 0.0883. The van der Waals surface area contributed by atoms with Crippen molar-refractivity contribution in [1.82, 2.24) is 20.2 Å². The number of aryl methyl sites for hydroxylation is 1. The number of benzene rings is 1. The number of aromatic nitrogens is 4. The zero-order chi connectivity index (χ0) is 14.0. The number of halogens is 1. The number of hydrogen-bond acceptors (Lipinski definition) is 4. The highest BCUT2D eigenvalue weighted by molar-refractivity contribution is 5.69. The molecule has 0 fully saturated rings. The Bertz CT molecular complexity index is 612. The number of tetrazole rings is 1. The van der Waals surface area contributed by atoms with Gasteiger partial charge in [-0.3, -0.25) is 4.79 Å². The van der Waals surface area contributed by atoms with Crippen LogP contribution in [0.2, 0.25) is 0 Å². The summed E-state index contributed by atoms with van der Waals surface area (Å²) in [6.07, 6.45) is 0. The van der Waals surface area contributed by atoms with E-state index in [1.54, 1.807) is 19.1 Å². The van der Waals surface area contributed by atoms with Crippen molar-refractivity contribution in [3.63, 3.8) is 0 Å². The molecule has 0 aliphatic carbocycles. The Balaban J connectivity index is 2.39. The van der Waals surface area contributed by atoms with E-state index < -0.39 is 17.7 Å². The zero-order valence-corrected chi connectivity index (χ0v) is 10.5. The van der Waals surface area contributed by atoms with Gasteiger partial charge in [0.25, 0.3) is 0 Å². The highest BCUT2D eigenvalue weighted by Gasteiger charge is 2.18. The van der Waals surface area contributed by atoms with Crippen LogP contribution in [-0.4, -0.2) is 31.3 Å². The summed E-state index contributed by atoms with van der Waals surface area (Å²) in [7, 11) is 0. The molecule has 1 unspecified atom stereocenters. The third-order valence-corrected chi connectivity index (χ3v) is 2.76. The Morgan fingerprint density at radius 1 is 1.53 bits per heavy atom. The molecule has 2 aromatic rings. The van der Waals surface area contributed by atoms with Gasteiger partial charge < -0.3 is 5.11 Å². The van der Waals surface area contributed by atoms with Gasteiger partial charge in [0.1, 0.15) is 5.82 Å². The summed E-state index contributed by atoms with van der Waals surface area (Å²) < 4.78 is 15.1. The van der Waals surface area contributed by atoms with Gasteiger partial charge in [0.2, 0.25) is 0 Å². The molecule has 1 aromatic heterocycles. The fraction of sp³-hybridized carbons (Fsp3) is 0.333. The first kappa shape index (κ1) is 13.1. The smallest absolute Gasteiger partial charge is 0.308 e. The van der Waals surface area contributed by atoms with Gasteiger partial charge in [-0.15, -0.1) is 5.10 Å². The molecule has 7 heteroatoms. The highest BCUT2D eigenvalue weighted by atomic mass is 19.1. The first-order valence-corrected chi connectivity index (χ1v) is 5.74. The minimum Gasteiger partial charge on any atom is -0.481 e. The van der Waals surface area contributed by atoms with Gasteiger partial charge in [-0.25, -0.2) is 9.07 Å². The molecular formula is C12H13FN4O2. The fourth-order valence-corrected chi connectivity index (χ4v) is 1.67. The normalized spacial score (nSPS) is 12.4. The number of hydrogen-bond donors (Lipinski definition) is 1. The van der Waals surface area contributed by atoms with Crippen LogP contribution in [0.15, 0.2) is 18.2 Å². The van der Waals surface area contributed by atoms with Crippen molar-refractivity contribution in [3.8, 4) is 11.4 Å². The lowest BCUT2D eigenvalue weighted by Gasteiger charge is -2.08.